The first-order valence-corrected chi connectivity index (χ1v) is 8.60. The van der Waals surface area contributed by atoms with E-state index < -0.39 is 10.0 Å². The van der Waals surface area contributed by atoms with E-state index >= 15 is 0 Å². The first-order valence-electron chi connectivity index (χ1n) is 7.12. The molecule has 112 valence electrons. The Bertz CT molecular complexity index is 568. The summed E-state index contributed by atoms with van der Waals surface area (Å²) in [6.45, 7) is 4.34. The van der Waals surface area contributed by atoms with Crippen molar-refractivity contribution in [2.75, 3.05) is 6.54 Å². The van der Waals surface area contributed by atoms with Crippen LogP contribution in [0.25, 0.3) is 0 Å². The molecule has 0 aliphatic heterocycles. The standard InChI is InChI=1S/C15H23NO3S/c1-11-3-5-13(7-11)9-16-20(18,19)15-8-14(10-17)6-4-12(15)2/h4,6,8,11,13,16-17H,3,5,7,9-10H2,1-2H3. The lowest BCUT2D eigenvalue weighted by atomic mass is 10.1. The molecule has 0 heterocycles. The molecule has 20 heavy (non-hydrogen) atoms. The predicted octanol–water partition coefficient (Wildman–Crippen LogP) is 2.20. The Morgan fingerprint density at radius 1 is 1.35 bits per heavy atom. The van der Waals surface area contributed by atoms with Crippen LogP contribution in [0.3, 0.4) is 0 Å². The van der Waals surface area contributed by atoms with E-state index in [4.69, 9.17) is 5.11 Å². The summed E-state index contributed by atoms with van der Waals surface area (Å²) in [5.74, 6) is 1.14. The third-order valence-electron chi connectivity index (χ3n) is 4.09. The van der Waals surface area contributed by atoms with Crippen LogP contribution in [0.15, 0.2) is 23.1 Å². The summed E-state index contributed by atoms with van der Waals surface area (Å²) >= 11 is 0. The van der Waals surface area contributed by atoms with Crippen LogP contribution in [0, 0.1) is 18.8 Å². The van der Waals surface area contributed by atoms with Gasteiger partial charge in [0.15, 0.2) is 0 Å². The molecule has 0 bridgehead atoms. The molecule has 1 aromatic carbocycles. The van der Waals surface area contributed by atoms with Gasteiger partial charge in [0.1, 0.15) is 0 Å². The van der Waals surface area contributed by atoms with Gasteiger partial charge in [0.25, 0.3) is 0 Å². The second kappa shape index (κ2) is 6.24. The topological polar surface area (TPSA) is 66.4 Å². The van der Waals surface area contributed by atoms with Crippen molar-refractivity contribution in [3.63, 3.8) is 0 Å². The van der Waals surface area contributed by atoms with Gasteiger partial charge in [-0.05, 0) is 48.8 Å². The number of aliphatic hydroxyl groups excluding tert-OH is 1. The fourth-order valence-corrected chi connectivity index (χ4v) is 4.26. The summed E-state index contributed by atoms with van der Waals surface area (Å²) in [6.07, 6.45) is 3.38. The Kier molecular flexibility index (Phi) is 4.83. The van der Waals surface area contributed by atoms with Crippen LogP contribution in [0.4, 0.5) is 0 Å². The summed E-state index contributed by atoms with van der Waals surface area (Å²) in [4.78, 5) is 0.273. The van der Waals surface area contributed by atoms with Crippen molar-refractivity contribution >= 4 is 10.0 Å². The maximum Gasteiger partial charge on any atom is 0.240 e. The molecule has 1 aromatic rings. The maximum absolute atomic E-state index is 12.4. The molecule has 1 aliphatic carbocycles. The highest BCUT2D eigenvalue weighted by Crippen LogP contribution is 2.30. The van der Waals surface area contributed by atoms with Crippen molar-refractivity contribution in [1.82, 2.24) is 4.72 Å². The second-order valence-electron chi connectivity index (χ2n) is 5.89. The van der Waals surface area contributed by atoms with Crippen molar-refractivity contribution < 1.29 is 13.5 Å². The third-order valence-corrected chi connectivity index (χ3v) is 5.66. The van der Waals surface area contributed by atoms with E-state index in [1.165, 1.54) is 6.42 Å². The molecule has 1 saturated carbocycles. The van der Waals surface area contributed by atoms with Gasteiger partial charge in [-0.25, -0.2) is 13.1 Å². The van der Waals surface area contributed by atoms with Gasteiger partial charge in [-0.2, -0.15) is 0 Å². The normalized spacial score (nSPS) is 23.1. The largest absolute Gasteiger partial charge is 0.392 e. The minimum Gasteiger partial charge on any atom is -0.392 e. The molecule has 2 unspecified atom stereocenters. The number of aryl methyl sites for hydroxylation is 1. The summed E-state index contributed by atoms with van der Waals surface area (Å²) in [5, 5.41) is 9.14. The van der Waals surface area contributed by atoms with Gasteiger partial charge < -0.3 is 5.11 Å². The molecule has 2 N–H and O–H groups in total. The van der Waals surface area contributed by atoms with E-state index in [-0.39, 0.29) is 11.5 Å². The molecule has 0 saturated heterocycles. The minimum atomic E-state index is -3.49. The van der Waals surface area contributed by atoms with Crippen LogP contribution in [0.1, 0.15) is 37.3 Å². The first-order chi connectivity index (χ1) is 9.42. The van der Waals surface area contributed by atoms with Gasteiger partial charge in [0.05, 0.1) is 11.5 Å². The average molecular weight is 297 g/mol. The lowest BCUT2D eigenvalue weighted by Gasteiger charge is -2.14. The Morgan fingerprint density at radius 2 is 2.10 bits per heavy atom. The van der Waals surface area contributed by atoms with Crippen LogP contribution in [0.2, 0.25) is 0 Å². The van der Waals surface area contributed by atoms with Crippen molar-refractivity contribution in [2.45, 2.75) is 44.6 Å². The highest BCUT2D eigenvalue weighted by molar-refractivity contribution is 7.89. The summed E-state index contributed by atoms with van der Waals surface area (Å²) in [6, 6.07) is 5.03. The van der Waals surface area contributed by atoms with Crippen molar-refractivity contribution in [3.05, 3.63) is 29.3 Å². The van der Waals surface area contributed by atoms with E-state index in [1.807, 2.05) is 0 Å². The van der Waals surface area contributed by atoms with Gasteiger partial charge in [0, 0.05) is 6.54 Å². The lowest BCUT2D eigenvalue weighted by molar-refractivity contribution is 0.281. The Balaban J connectivity index is 2.10. The number of rotatable bonds is 5. The SMILES string of the molecule is Cc1ccc(CO)cc1S(=O)(=O)NCC1CCC(C)C1. The first kappa shape index (κ1) is 15.5. The zero-order chi connectivity index (χ0) is 14.8. The summed E-state index contributed by atoms with van der Waals surface area (Å²) in [5.41, 5.74) is 1.32. The Morgan fingerprint density at radius 3 is 2.70 bits per heavy atom. The molecule has 1 fully saturated rings. The molecule has 4 nitrogen and oxygen atoms in total. The van der Waals surface area contributed by atoms with Gasteiger partial charge in [0.2, 0.25) is 10.0 Å². The third kappa shape index (κ3) is 3.59. The lowest BCUT2D eigenvalue weighted by Crippen LogP contribution is -2.29. The zero-order valence-electron chi connectivity index (χ0n) is 12.1. The minimum absolute atomic E-state index is 0.150. The quantitative estimate of drug-likeness (QED) is 0.875. The van der Waals surface area contributed by atoms with Crippen LogP contribution in [0.5, 0.6) is 0 Å². The van der Waals surface area contributed by atoms with Crippen LogP contribution in [-0.2, 0) is 16.6 Å². The molecular formula is C15H23NO3S. The van der Waals surface area contributed by atoms with Crippen LogP contribution < -0.4 is 4.72 Å². The molecular weight excluding hydrogens is 274 g/mol. The molecule has 2 atom stereocenters. The van der Waals surface area contributed by atoms with Gasteiger partial charge in [-0.3, -0.25) is 0 Å². The van der Waals surface area contributed by atoms with E-state index in [2.05, 4.69) is 11.6 Å². The summed E-state index contributed by atoms with van der Waals surface area (Å²) < 4.78 is 27.5. The summed E-state index contributed by atoms with van der Waals surface area (Å²) in [7, 11) is -3.49. The maximum atomic E-state index is 12.4. The van der Waals surface area contributed by atoms with Crippen LogP contribution in [-0.4, -0.2) is 20.1 Å². The number of hydrogen-bond donors (Lipinski definition) is 2. The van der Waals surface area contributed by atoms with Crippen molar-refractivity contribution in [1.29, 1.82) is 0 Å². The zero-order valence-corrected chi connectivity index (χ0v) is 12.9. The monoisotopic (exact) mass is 297 g/mol. The molecule has 2 rings (SSSR count). The van der Waals surface area contributed by atoms with Gasteiger partial charge in [-0.1, -0.05) is 25.5 Å². The molecule has 1 aliphatic rings. The highest BCUT2D eigenvalue weighted by atomic mass is 32.2. The van der Waals surface area contributed by atoms with Gasteiger partial charge >= 0.3 is 0 Å². The Hall–Kier alpha value is -0.910. The van der Waals surface area contributed by atoms with E-state index in [9.17, 15) is 8.42 Å². The van der Waals surface area contributed by atoms with Crippen molar-refractivity contribution in [3.8, 4) is 0 Å². The molecule has 5 heteroatoms. The molecule has 0 aromatic heterocycles. The number of sulfonamides is 1. The highest BCUT2D eigenvalue weighted by Gasteiger charge is 2.24. The van der Waals surface area contributed by atoms with E-state index in [0.717, 1.165) is 12.8 Å². The number of aliphatic hydroxyl groups is 1. The van der Waals surface area contributed by atoms with Crippen molar-refractivity contribution in [2.24, 2.45) is 11.8 Å². The number of hydrogen-bond acceptors (Lipinski definition) is 3. The Labute approximate surface area is 121 Å². The van der Waals surface area contributed by atoms with Crippen LogP contribution >= 0.6 is 0 Å². The smallest absolute Gasteiger partial charge is 0.240 e. The van der Waals surface area contributed by atoms with E-state index in [0.29, 0.717) is 29.5 Å². The number of nitrogens with one attached hydrogen (secondary N) is 1. The second-order valence-corrected chi connectivity index (χ2v) is 7.63. The number of benzene rings is 1. The molecule has 0 amide bonds. The van der Waals surface area contributed by atoms with Gasteiger partial charge in [-0.15, -0.1) is 0 Å². The fraction of sp³-hybridized carbons (Fsp3) is 0.600. The van der Waals surface area contributed by atoms with E-state index in [1.54, 1.807) is 25.1 Å². The predicted molar refractivity (Wildman–Crippen MR) is 78.8 cm³/mol. The molecule has 0 spiro atoms. The average Bonchev–Trinajstić information content (AvgIpc) is 2.83. The molecule has 0 radical (unpaired) electrons. The fourth-order valence-electron chi connectivity index (χ4n) is 2.85.